The maximum absolute atomic E-state index is 13.1. The van der Waals surface area contributed by atoms with Crippen molar-refractivity contribution >= 4 is 55.0 Å². The Morgan fingerprint density at radius 3 is 2.62 bits per heavy atom. The van der Waals surface area contributed by atoms with Gasteiger partial charge in [-0.15, -0.1) is 28.5 Å². The molecule has 3 heterocycles. The predicted octanol–water partition coefficient (Wildman–Crippen LogP) is -0.0879. The lowest BCUT2D eigenvalue weighted by Crippen LogP contribution is -2.80. The van der Waals surface area contributed by atoms with E-state index in [-0.39, 0.29) is 11.6 Å². The van der Waals surface area contributed by atoms with Crippen LogP contribution < -0.4 is 5.32 Å². The zero-order valence-corrected chi connectivity index (χ0v) is 19.1. The molecule has 1 aromatic rings. The summed E-state index contributed by atoms with van der Waals surface area (Å²) in [4.78, 5) is 39.3. The quantitative estimate of drug-likeness (QED) is 0.268. The van der Waals surface area contributed by atoms with Gasteiger partial charge in [-0.05, 0) is 30.1 Å². The van der Waals surface area contributed by atoms with Crippen LogP contribution in [-0.4, -0.2) is 81.0 Å². The molecule has 1 N–H and O–H groups in total. The summed E-state index contributed by atoms with van der Waals surface area (Å²) in [5, 5.41) is 13.3. The number of nitrogens with zero attached hydrogens (tertiary/aromatic N) is 5. The van der Waals surface area contributed by atoms with E-state index < -0.39 is 37.2 Å². The van der Waals surface area contributed by atoms with E-state index in [0.717, 1.165) is 0 Å². The summed E-state index contributed by atoms with van der Waals surface area (Å²) in [6, 6.07) is 0. The Bertz CT molecular complexity index is 902. The summed E-state index contributed by atoms with van der Waals surface area (Å²) in [6.07, 6.45) is 0. The number of carbonyl (C=O) groups excluding carboxylic acids is 3. The second kappa shape index (κ2) is 7.70. The van der Waals surface area contributed by atoms with Crippen LogP contribution in [0.5, 0.6) is 0 Å². The largest absolute Gasteiger partial charge is 0.515 e. The number of alkyl halides is 1. The summed E-state index contributed by atoms with van der Waals surface area (Å²) in [5.41, 5.74) is -1.07. The topological polar surface area (TPSA) is 129 Å². The van der Waals surface area contributed by atoms with Gasteiger partial charge in [-0.1, -0.05) is 0 Å². The fourth-order valence-corrected chi connectivity index (χ4v) is 5.24. The number of methoxy groups -OCH3 is 1. The van der Waals surface area contributed by atoms with E-state index in [9.17, 15) is 14.4 Å². The summed E-state index contributed by atoms with van der Waals surface area (Å²) in [7, 11) is 0.690. The lowest BCUT2D eigenvalue weighted by atomic mass is 9.98. The zero-order chi connectivity index (χ0) is 21.6. The van der Waals surface area contributed by atoms with Crippen LogP contribution in [0.3, 0.4) is 0 Å². The minimum Gasteiger partial charge on any atom is -0.515 e. The number of rotatable bonds is 6. The van der Waals surface area contributed by atoms with Gasteiger partial charge in [-0.25, -0.2) is 9.48 Å². The third-order valence-corrected chi connectivity index (χ3v) is 6.64. The Balaban J connectivity index is 2.07. The van der Waals surface area contributed by atoms with Crippen molar-refractivity contribution in [3.8, 4) is 0 Å². The standard InChI is InChI=1S/C15H21ClN6O5SSi/c1-21-11(18-19-20-21)8-7-28-14-15(26-2,17-9(23)6-16)13(25)22(14)10(8)12(24)27-29(3,4)5/h14H,6-7H2,1-5H3,(H,17,23). The van der Waals surface area contributed by atoms with Gasteiger partial charge in [-0.2, -0.15) is 0 Å². The minimum atomic E-state index is -2.26. The van der Waals surface area contributed by atoms with Gasteiger partial charge in [0.25, 0.3) is 11.6 Å². The van der Waals surface area contributed by atoms with Crippen molar-refractivity contribution in [1.29, 1.82) is 0 Å². The number of ether oxygens (including phenoxy) is 1. The lowest BCUT2D eigenvalue weighted by molar-refractivity contribution is -0.191. The fourth-order valence-electron chi connectivity index (χ4n) is 3.09. The number of thioether (sulfide) groups is 1. The molecular formula is C15H21ClN6O5SSi. The first kappa shape index (κ1) is 21.7. The van der Waals surface area contributed by atoms with Gasteiger partial charge in [0.05, 0.1) is 0 Å². The molecule has 158 valence electrons. The molecule has 14 heteroatoms. The molecule has 3 rings (SSSR count). The number of nitrogens with one attached hydrogen (secondary N) is 1. The van der Waals surface area contributed by atoms with E-state index in [1.54, 1.807) is 7.05 Å². The average Bonchev–Trinajstić information content (AvgIpc) is 3.08. The zero-order valence-electron chi connectivity index (χ0n) is 16.6. The van der Waals surface area contributed by atoms with Gasteiger partial charge < -0.3 is 14.5 Å². The highest BCUT2D eigenvalue weighted by atomic mass is 35.5. The van der Waals surface area contributed by atoms with Crippen LogP contribution in [0.15, 0.2) is 5.70 Å². The molecule has 1 saturated heterocycles. The Labute approximate surface area is 177 Å². The predicted molar refractivity (Wildman–Crippen MR) is 107 cm³/mol. The highest BCUT2D eigenvalue weighted by molar-refractivity contribution is 8.00. The fraction of sp³-hybridized carbons (Fsp3) is 0.600. The second-order valence-corrected chi connectivity index (χ2v) is 13.2. The molecule has 0 saturated carbocycles. The second-order valence-electron chi connectivity index (χ2n) is 7.42. The molecule has 0 aromatic carbocycles. The molecule has 2 aliphatic heterocycles. The van der Waals surface area contributed by atoms with Crippen molar-refractivity contribution in [2.45, 2.75) is 30.7 Å². The van der Waals surface area contributed by atoms with Crippen molar-refractivity contribution in [3.63, 3.8) is 0 Å². The molecule has 0 radical (unpaired) electrons. The molecule has 29 heavy (non-hydrogen) atoms. The molecule has 1 aromatic heterocycles. The van der Waals surface area contributed by atoms with Crippen molar-refractivity contribution in [1.82, 2.24) is 30.4 Å². The Morgan fingerprint density at radius 2 is 2.10 bits per heavy atom. The summed E-state index contributed by atoms with van der Waals surface area (Å²) in [6.45, 7) is 5.59. The number of aromatic nitrogens is 4. The van der Waals surface area contributed by atoms with Crippen LogP contribution in [0.4, 0.5) is 0 Å². The molecule has 2 amide bonds. The van der Waals surface area contributed by atoms with E-state index in [1.807, 2.05) is 19.6 Å². The molecule has 2 atom stereocenters. The number of halogens is 1. The van der Waals surface area contributed by atoms with Gasteiger partial charge in [0, 0.05) is 25.5 Å². The van der Waals surface area contributed by atoms with E-state index in [4.69, 9.17) is 20.8 Å². The van der Waals surface area contributed by atoms with Gasteiger partial charge in [-0.3, -0.25) is 14.5 Å². The first-order valence-electron chi connectivity index (χ1n) is 8.62. The maximum Gasteiger partial charge on any atom is 0.342 e. The monoisotopic (exact) mass is 460 g/mol. The smallest absolute Gasteiger partial charge is 0.342 e. The molecule has 0 aliphatic carbocycles. The number of tetrazole rings is 1. The molecule has 2 unspecified atom stereocenters. The van der Waals surface area contributed by atoms with E-state index in [1.165, 1.54) is 28.5 Å². The first-order valence-corrected chi connectivity index (χ1v) is 13.6. The molecule has 0 spiro atoms. The highest BCUT2D eigenvalue weighted by Crippen LogP contribution is 2.48. The van der Waals surface area contributed by atoms with Crippen LogP contribution in [0.25, 0.3) is 5.57 Å². The van der Waals surface area contributed by atoms with Crippen molar-refractivity contribution < 1.29 is 23.5 Å². The number of carbonyl (C=O) groups is 3. The van der Waals surface area contributed by atoms with Crippen LogP contribution >= 0.6 is 23.4 Å². The summed E-state index contributed by atoms with van der Waals surface area (Å²) in [5.74, 6) is -1.45. The van der Waals surface area contributed by atoms with E-state index in [0.29, 0.717) is 17.2 Å². The number of hydrogen-bond donors (Lipinski definition) is 1. The number of fused-ring (bicyclic) bond motifs is 1. The Hall–Kier alpha value is -1.96. The first-order chi connectivity index (χ1) is 13.6. The van der Waals surface area contributed by atoms with E-state index >= 15 is 0 Å². The van der Waals surface area contributed by atoms with Crippen molar-refractivity contribution in [2.24, 2.45) is 7.05 Å². The van der Waals surface area contributed by atoms with Crippen LogP contribution in [0.1, 0.15) is 5.82 Å². The van der Waals surface area contributed by atoms with Crippen molar-refractivity contribution in [2.75, 3.05) is 18.7 Å². The summed E-state index contributed by atoms with van der Waals surface area (Å²) >= 11 is 6.89. The van der Waals surface area contributed by atoms with Crippen molar-refractivity contribution in [3.05, 3.63) is 11.5 Å². The third kappa shape index (κ3) is 3.67. The minimum absolute atomic E-state index is 0.0619. The van der Waals surface area contributed by atoms with Gasteiger partial charge in [0.1, 0.15) is 17.0 Å². The normalized spacial score (nSPS) is 24.1. The molecule has 1 fully saturated rings. The number of amides is 2. The molecular weight excluding hydrogens is 440 g/mol. The van der Waals surface area contributed by atoms with Crippen LogP contribution in [0.2, 0.25) is 19.6 Å². The lowest BCUT2D eigenvalue weighted by Gasteiger charge is -2.55. The van der Waals surface area contributed by atoms with Gasteiger partial charge in [0.15, 0.2) is 5.82 Å². The van der Waals surface area contributed by atoms with E-state index in [2.05, 4.69) is 20.8 Å². The number of aryl methyl sites for hydroxylation is 1. The maximum atomic E-state index is 13.1. The molecule has 0 bridgehead atoms. The number of β-lactam (4-membered cyclic amide) rings is 1. The summed E-state index contributed by atoms with van der Waals surface area (Å²) < 4.78 is 12.5. The van der Waals surface area contributed by atoms with Gasteiger partial charge >= 0.3 is 5.97 Å². The van der Waals surface area contributed by atoms with Crippen LogP contribution in [-0.2, 0) is 30.6 Å². The average molecular weight is 461 g/mol. The Kier molecular flexibility index (Phi) is 5.77. The van der Waals surface area contributed by atoms with Crippen LogP contribution in [0, 0.1) is 0 Å². The third-order valence-electron chi connectivity index (χ3n) is 4.28. The van der Waals surface area contributed by atoms with Gasteiger partial charge in [0.2, 0.25) is 14.2 Å². The Morgan fingerprint density at radius 1 is 1.41 bits per heavy atom. The molecule has 11 nitrogen and oxygen atoms in total. The molecule has 2 aliphatic rings. The SMILES string of the molecule is COC1(NC(=O)CCl)C(=O)N2C(C(=O)O[Si](C)(C)C)=C(c3nnnn3C)CSC21. The highest BCUT2D eigenvalue weighted by Gasteiger charge is 2.67. The number of hydrogen-bond acceptors (Lipinski definition) is 9.